The van der Waals surface area contributed by atoms with Gasteiger partial charge < -0.3 is 14.5 Å². The van der Waals surface area contributed by atoms with E-state index in [1.54, 1.807) is 7.11 Å². The number of amides is 1. The van der Waals surface area contributed by atoms with Crippen molar-refractivity contribution in [2.75, 3.05) is 39.8 Å². The second-order valence-corrected chi connectivity index (χ2v) is 5.36. The topological polar surface area (TPSA) is 32.8 Å². The molecule has 2 rings (SSSR count). The van der Waals surface area contributed by atoms with E-state index in [9.17, 15) is 4.79 Å². The van der Waals surface area contributed by atoms with Gasteiger partial charge in [-0.2, -0.15) is 0 Å². The van der Waals surface area contributed by atoms with Gasteiger partial charge in [0.05, 0.1) is 12.7 Å². The lowest BCUT2D eigenvalue weighted by Crippen LogP contribution is -2.48. The average Bonchev–Trinajstić information content (AvgIpc) is 2.49. The average molecular weight is 276 g/mol. The van der Waals surface area contributed by atoms with Gasteiger partial charge in [-0.1, -0.05) is 6.92 Å². The fraction of sp³-hybridized carbons (Fsp3) is 0.562. The monoisotopic (exact) mass is 276 g/mol. The van der Waals surface area contributed by atoms with E-state index < -0.39 is 0 Å². The lowest BCUT2D eigenvalue weighted by Gasteiger charge is -2.34. The van der Waals surface area contributed by atoms with Crippen LogP contribution in [0.4, 0.5) is 0 Å². The Balaban J connectivity index is 2.19. The van der Waals surface area contributed by atoms with Crippen molar-refractivity contribution < 1.29 is 9.53 Å². The van der Waals surface area contributed by atoms with Crippen molar-refractivity contribution in [1.82, 2.24) is 9.80 Å². The maximum absolute atomic E-state index is 12.7. The van der Waals surface area contributed by atoms with Crippen LogP contribution < -0.4 is 4.74 Å². The van der Waals surface area contributed by atoms with E-state index in [1.165, 1.54) is 0 Å². The molecule has 0 N–H and O–H groups in total. The third kappa shape index (κ3) is 2.96. The van der Waals surface area contributed by atoms with Crippen molar-refractivity contribution in [2.24, 2.45) is 0 Å². The fourth-order valence-corrected chi connectivity index (χ4v) is 2.56. The van der Waals surface area contributed by atoms with Crippen LogP contribution in [0.2, 0.25) is 0 Å². The molecule has 1 aromatic rings. The normalized spacial score (nSPS) is 16.3. The summed E-state index contributed by atoms with van der Waals surface area (Å²) in [5.74, 6) is 0.761. The van der Waals surface area contributed by atoms with Gasteiger partial charge in [-0.05, 0) is 43.7 Å². The van der Waals surface area contributed by atoms with E-state index in [0.29, 0.717) is 11.3 Å². The highest BCUT2D eigenvalue weighted by atomic mass is 16.5. The molecule has 0 atom stereocenters. The Labute approximate surface area is 121 Å². The molecule has 20 heavy (non-hydrogen) atoms. The molecule has 0 radical (unpaired) electrons. The molecule has 0 unspecified atom stereocenters. The highest BCUT2D eigenvalue weighted by Gasteiger charge is 2.24. The van der Waals surface area contributed by atoms with Crippen LogP contribution in [-0.4, -0.2) is 55.5 Å². The Kier molecular flexibility index (Phi) is 4.65. The van der Waals surface area contributed by atoms with Crippen molar-refractivity contribution in [2.45, 2.75) is 20.8 Å². The SMILES string of the molecule is CCN1CCN(C(=O)c2cc(C)c(C)cc2OC)CC1. The number of nitrogens with zero attached hydrogens (tertiary/aromatic N) is 2. The second-order valence-electron chi connectivity index (χ2n) is 5.36. The van der Waals surface area contributed by atoms with Crippen molar-refractivity contribution in [3.63, 3.8) is 0 Å². The predicted molar refractivity (Wildman–Crippen MR) is 80.5 cm³/mol. The first-order chi connectivity index (χ1) is 9.56. The number of ether oxygens (including phenoxy) is 1. The van der Waals surface area contributed by atoms with Crippen LogP contribution in [0.1, 0.15) is 28.4 Å². The molecule has 1 amide bonds. The second kappa shape index (κ2) is 6.27. The van der Waals surface area contributed by atoms with E-state index in [0.717, 1.165) is 43.9 Å². The molecule has 4 heteroatoms. The zero-order valence-electron chi connectivity index (χ0n) is 12.9. The van der Waals surface area contributed by atoms with Crippen LogP contribution in [0.3, 0.4) is 0 Å². The van der Waals surface area contributed by atoms with Gasteiger partial charge >= 0.3 is 0 Å². The summed E-state index contributed by atoms with van der Waals surface area (Å²) in [5, 5.41) is 0. The molecule has 4 nitrogen and oxygen atoms in total. The molecule has 0 spiro atoms. The van der Waals surface area contributed by atoms with Crippen LogP contribution >= 0.6 is 0 Å². The Hall–Kier alpha value is -1.55. The van der Waals surface area contributed by atoms with Crippen molar-refractivity contribution >= 4 is 5.91 Å². The number of methoxy groups -OCH3 is 1. The molecule has 0 aromatic heterocycles. The molecule has 1 heterocycles. The molecule has 1 aliphatic heterocycles. The molecule has 1 saturated heterocycles. The summed E-state index contributed by atoms with van der Waals surface area (Å²) in [7, 11) is 1.62. The van der Waals surface area contributed by atoms with E-state index in [2.05, 4.69) is 11.8 Å². The van der Waals surface area contributed by atoms with Crippen LogP contribution in [0.25, 0.3) is 0 Å². The molecule has 0 saturated carbocycles. The number of likely N-dealkylation sites (N-methyl/N-ethyl adjacent to an activating group) is 1. The maximum atomic E-state index is 12.7. The lowest BCUT2D eigenvalue weighted by molar-refractivity contribution is 0.0640. The smallest absolute Gasteiger partial charge is 0.257 e. The van der Waals surface area contributed by atoms with Gasteiger partial charge in [0.15, 0.2) is 0 Å². The Bertz CT molecular complexity index is 491. The first-order valence-electron chi connectivity index (χ1n) is 7.23. The van der Waals surface area contributed by atoms with Crippen LogP contribution in [-0.2, 0) is 0 Å². The first kappa shape index (κ1) is 14.9. The third-order valence-corrected chi connectivity index (χ3v) is 4.15. The Morgan fingerprint density at radius 1 is 1.15 bits per heavy atom. The number of carbonyl (C=O) groups is 1. The summed E-state index contributed by atoms with van der Waals surface area (Å²) in [6.07, 6.45) is 0. The van der Waals surface area contributed by atoms with Crippen molar-refractivity contribution in [3.8, 4) is 5.75 Å². The number of benzene rings is 1. The summed E-state index contributed by atoms with van der Waals surface area (Å²) in [6, 6.07) is 3.90. The molecule has 1 aliphatic rings. The minimum atomic E-state index is 0.0840. The standard InChI is InChI=1S/C16H24N2O2/c1-5-17-6-8-18(9-7-17)16(19)14-10-12(2)13(3)11-15(14)20-4/h10-11H,5-9H2,1-4H3. The molecule has 0 bridgehead atoms. The van der Waals surface area contributed by atoms with Crippen LogP contribution in [0.5, 0.6) is 5.75 Å². The van der Waals surface area contributed by atoms with E-state index in [1.807, 2.05) is 30.9 Å². The van der Waals surface area contributed by atoms with Crippen molar-refractivity contribution in [3.05, 3.63) is 28.8 Å². The number of aryl methyl sites for hydroxylation is 2. The third-order valence-electron chi connectivity index (χ3n) is 4.15. The number of rotatable bonds is 3. The summed E-state index contributed by atoms with van der Waals surface area (Å²) in [4.78, 5) is 17.0. The minimum Gasteiger partial charge on any atom is -0.496 e. The van der Waals surface area contributed by atoms with E-state index in [4.69, 9.17) is 4.74 Å². The molecular formula is C16H24N2O2. The van der Waals surface area contributed by atoms with Crippen LogP contribution in [0.15, 0.2) is 12.1 Å². The summed E-state index contributed by atoms with van der Waals surface area (Å²) in [6.45, 7) is 10.8. The number of piperazine rings is 1. The zero-order chi connectivity index (χ0) is 14.7. The number of hydrogen-bond donors (Lipinski definition) is 0. The Morgan fingerprint density at radius 2 is 1.75 bits per heavy atom. The maximum Gasteiger partial charge on any atom is 0.257 e. The summed E-state index contributed by atoms with van der Waals surface area (Å²) >= 11 is 0. The molecule has 0 aliphatic carbocycles. The molecule has 110 valence electrons. The van der Waals surface area contributed by atoms with Gasteiger partial charge in [0, 0.05) is 26.2 Å². The number of carbonyl (C=O) groups excluding carboxylic acids is 1. The van der Waals surface area contributed by atoms with Gasteiger partial charge in [0.1, 0.15) is 5.75 Å². The van der Waals surface area contributed by atoms with E-state index >= 15 is 0 Å². The quantitative estimate of drug-likeness (QED) is 0.847. The van der Waals surface area contributed by atoms with Gasteiger partial charge in [-0.25, -0.2) is 0 Å². The number of hydrogen-bond acceptors (Lipinski definition) is 3. The summed E-state index contributed by atoms with van der Waals surface area (Å²) < 4.78 is 5.38. The van der Waals surface area contributed by atoms with Gasteiger partial charge in [0.25, 0.3) is 5.91 Å². The van der Waals surface area contributed by atoms with Gasteiger partial charge in [0.2, 0.25) is 0 Å². The molecular weight excluding hydrogens is 252 g/mol. The predicted octanol–water partition coefficient (Wildman–Crippen LogP) is 2.09. The van der Waals surface area contributed by atoms with Gasteiger partial charge in [-0.15, -0.1) is 0 Å². The highest BCUT2D eigenvalue weighted by molar-refractivity contribution is 5.97. The largest absolute Gasteiger partial charge is 0.496 e. The first-order valence-corrected chi connectivity index (χ1v) is 7.23. The van der Waals surface area contributed by atoms with E-state index in [-0.39, 0.29) is 5.91 Å². The summed E-state index contributed by atoms with van der Waals surface area (Å²) in [5.41, 5.74) is 2.95. The van der Waals surface area contributed by atoms with Crippen LogP contribution in [0, 0.1) is 13.8 Å². The zero-order valence-corrected chi connectivity index (χ0v) is 12.9. The lowest BCUT2D eigenvalue weighted by atomic mass is 10.0. The minimum absolute atomic E-state index is 0.0840. The molecule has 1 fully saturated rings. The van der Waals surface area contributed by atoms with Gasteiger partial charge in [-0.3, -0.25) is 4.79 Å². The molecule has 1 aromatic carbocycles. The van der Waals surface area contributed by atoms with Crippen molar-refractivity contribution in [1.29, 1.82) is 0 Å². The highest BCUT2D eigenvalue weighted by Crippen LogP contribution is 2.24. The Morgan fingerprint density at radius 3 is 2.30 bits per heavy atom. The fourth-order valence-electron chi connectivity index (χ4n) is 2.56.